The van der Waals surface area contributed by atoms with Crippen LogP contribution >= 0.6 is 11.3 Å². The van der Waals surface area contributed by atoms with Gasteiger partial charge in [-0.2, -0.15) is 0 Å². The van der Waals surface area contributed by atoms with Gasteiger partial charge in [-0.15, -0.1) is 11.3 Å². The highest BCUT2D eigenvalue weighted by Crippen LogP contribution is 2.29. The van der Waals surface area contributed by atoms with Crippen molar-refractivity contribution in [2.75, 3.05) is 132 Å². The molecule has 1 aliphatic rings. The SMILES string of the molecule is CC[C@H](C)[C@@H]([C@@H](CC(=O)N1CCC[C@H]1[C@H](OC)[C@@H](C)C(=O)NCc1nccs1)OC)N(C)C(=O)CNC(=O)C(C)(C)NC(=O)OCc1ccc(NC(=O)CNC(=O)[C@@H](NC(=O)CCOCCOCCOCCOCCOCCOCCN)C(C)C)cc1. The van der Waals surface area contributed by atoms with E-state index in [0.717, 1.165) is 11.4 Å². The van der Waals surface area contributed by atoms with Crippen LogP contribution in [0.15, 0.2) is 35.8 Å². The first-order valence-electron chi connectivity index (χ1n) is 29.8. The first kappa shape index (κ1) is 75.3. The van der Waals surface area contributed by atoms with E-state index in [2.05, 4.69) is 36.9 Å². The van der Waals surface area contributed by atoms with Crippen LogP contribution in [0.1, 0.15) is 91.1 Å². The van der Waals surface area contributed by atoms with Gasteiger partial charge in [0.05, 0.1) is 136 Å². The number of nitrogens with one attached hydrogen (secondary N) is 6. The molecule has 87 heavy (non-hydrogen) atoms. The quantitative estimate of drug-likeness (QED) is 0.0467. The number of hydrogen-bond donors (Lipinski definition) is 7. The molecular formula is C59H98N10O17S. The molecule has 28 heteroatoms. The minimum atomic E-state index is -1.51. The molecule has 0 radical (unpaired) electrons. The Morgan fingerprint density at radius 2 is 1.37 bits per heavy atom. The lowest BCUT2D eigenvalue weighted by Crippen LogP contribution is -2.57. The number of likely N-dealkylation sites (N-methyl/N-ethyl adjacent to an activating group) is 1. The Labute approximate surface area is 516 Å². The lowest BCUT2D eigenvalue weighted by Gasteiger charge is -2.39. The second kappa shape index (κ2) is 42.1. The summed E-state index contributed by atoms with van der Waals surface area (Å²) in [5.74, 6) is -3.90. The molecule has 0 aliphatic carbocycles. The van der Waals surface area contributed by atoms with Crippen LogP contribution in [0.25, 0.3) is 0 Å². The average Bonchev–Trinajstić information content (AvgIpc) is 2.81. The molecule has 27 nitrogen and oxygen atoms in total. The van der Waals surface area contributed by atoms with Gasteiger partial charge in [-0.25, -0.2) is 9.78 Å². The number of thiazole rings is 1. The van der Waals surface area contributed by atoms with Crippen LogP contribution in [0, 0.1) is 17.8 Å². The van der Waals surface area contributed by atoms with Gasteiger partial charge in [-0.05, 0) is 56.2 Å². The third kappa shape index (κ3) is 28.4. The van der Waals surface area contributed by atoms with Crippen molar-refractivity contribution in [1.29, 1.82) is 0 Å². The first-order valence-corrected chi connectivity index (χ1v) is 30.7. The number of ether oxygens (including phenoxy) is 9. The molecule has 0 unspecified atom stereocenters. The second-order valence-corrected chi connectivity index (χ2v) is 22.7. The Kier molecular flexibility index (Phi) is 36.4. The van der Waals surface area contributed by atoms with Gasteiger partial charge in [0, 0.05) is 58.0 Å². The topological polar surface area (TPSA) is 337 Å². The third-order valence-electron chi connectivity index (χ3n) is 14.5. The number of benzene rings is 1. The zero-order valence-corrected chi connectivity index (χ0v) is 53.4. The summed E-state index contributed by atoms with van der Waals surface area (Å²) >= 11 is 1.44. The van der Waals surface area contributed by atoms with Crippen LogP contribution < -0.4 is 37.6 Å². The number of hydrogen-bond acceptors (Lipinski definition) is 20. The maximum absolute atomic E-state index is 14.1. The molecule has 8 N–H and O–H groups in total. The van der Waals surface area contributed by atoms with Gasteiger partial charge in [0.1, 0.15) is 23.2 Å². The number of rotatable bonds is 45. The van der Waals surface area contributed by atoms with E-state index in [1.165, 1.54) is 44.3 Å². The van der Waals surface area contributed by atoms with Crippen LogP contribution in [0.2, 0.25) is 0 Å². The van der Waals surface area contributed by atoms with Crippen molar-refractivity contribution in [3.63, 3.8) is 0 Å². The number of aromatic nitrogens is 1. The Morgan fingerprint density at radius 1 is 0.770 bits per heavy atom. The van der Waals surface area contributed by atoms with Crippen LogP contribution in [0.3, 0.4) is 0 Å². The Morgan fingerprint density at radius 3 is 1.91 bits per heavy atom. The smallest absolute Gasteiger partial charge is 0.408 e. The van der Waals surface area contributed by atoms with E-state index in [9.17, 15) is 38.4 Å². The minimum Gasteiger partial charge on any atom is -0.445 e. The number of likely N-dealkylation sites (tertiary alicyclic amines) is 1. The second-order valence-electron chi connectivity index (χ2n) is 21.8. The van der Waals surface area contributed by atoms with Crippen molar-refractivity contribution >= 4 is 64.5 Å². The Bertz CT molecular complexity index is 2350. The summed E-state index contributed by atoms with van der Waals surface area (Å²) < 4.78 is 49.7. The summed E-state index contributed by atoms with van der Waals surface area (Å²) in [5.41, 5.74) is 4.81. The Balaban J connectivity index is 1.35. The van der Waals surface area contributed by atoms with Gasteiger partial charge in [-0.1, -0.05) is 53.2 Å². The number of nitrogens with two attached hydrogens (primary N) is 1. The van der Waals surface area contributed by atoms with E-state index in [0.29, 0.717) is 110 Å². The van der Waals surface area contributed by atoms with Gasteiger partial charge < -0.3 is 90.1 Å². The largest absolute Gasteiger partial charge is 0.445 e. The van der Waals surface area contributed by atoms with Gasteiger partial charge in [0.25, 0.3) is 0 Å². The lowest BCUT2D eigenvalue weighted by atomic mass is 9.90. The molecule has 1 aromatic heterocycles. The highest BCUT2D eigenvalue weighted by molar-refractivity contribution is 7.09. The van der Waals surface area contributed by atoms with Crippen molar-refractivity contribution in [1.82, 2.24) is 41.4 Å². The monoisotopic (exact) mass is 1250 g/mol. The molecule has 3 rings (SSSR count). The van der Waals surface area contributed by atoms with Gasteiger partial charge in [0.15, 0.2) is 0 Å². The predicted molar refractivity (Wildman–Crippen MR) is 324 cm³/mol. The van der Waals surface area contributed by atoms with Crippen LogP contribution in [-0.4, -0.2) is 225 Å². The summed E-state index contributed by atoms with van der Waals surface area (Å²) in [4.78, 5) is 113. The van der Waals surface area contributed by atoms with Crippen LogP contribution in [0.4, 0.5) is 10.5 Å². The molecular weight excluding hydrogens is 1150 g/mol. The molecule has 1 aromatic carbocycles. The number of amides is 8. The zero-order valence-electron chi connectivity index (χ0n) is 52.6. The van der Waals surface area contributed by atoms with E-state index in [1.807, 2.05) is 19.2 Å². The fourth-order valence-electron chi connectivity index (χ4n) is 9.39. The summed E-state index contributed by atoms with van der Waals surface area (Å²) in [7, 11) is 4.64. The van der Waals surface area contributed by atoms with Crippen molar-refractivity contribution in [2.24, 2.45) is 23.5 Å². The summed E-state index contributed by atoms with van der Waals surface area (Å²) in [6.07, 6.45) is 1.50. The predicted octanol–water partition coefficient (Wildman–Crippen LogP) is 2.14. The molecule has 1 aliphatic heterocycles. The highest BCUT2D eigenvalue weighted by Gasteiger charge is 2.42. The molecule has 2 aromatic rings. The first-order chi connectivity index (χ1) is 41.7. The minimum absolute atomic E-state index is 0.0141. The van der Waals surface area contributed by atoms with E-state index in [-0.39, 0.29) is 68.9 Å². The van der Waals surface area contributed by atoms with Crippen molar-refractivity contribution in [2.45, 2.75) is 130 Å². The molecule has 7 atom stereocenters. The zero-order chi connectivity index (χ0) is 64.2. The van der Waals surface area contributed by atoms with E-state index < -0.39 is 77.9 Å². The van der Waals surface area contributed by atoms with Crippen LogP contribution in [-0.2, 0) is 89.3 Å². The van der Waals surface area contributed by atoms with Crippen molar-refractivity contribution in [3.8, 4) is 0 Å². The van der Waals surface area contributed by atoms with E-state index in [1.54, 1.807) is 63.2 Å². The van der Waals surface area contributed by atoms with Gasteiger partial charge in [-0.3, -0.25) is 33.6 Å². The molecule has 2 heterocycles. The third-order valence-corrected chi connectivity index (χ3v) is 15.3. The standard InChI is InChI=1S/C59H98N10O17S/c1-11-41(4)53(46(78-9)35-50(72)69-21-12-13-45(69)54(79-10)42(5)55(74)63-37-49-61-20-34-87-49)68(8)51(73)38-64-57(76)59(6,7)67-58(77)86-39-43-14-16-44(17-15-43)65-48(71)36-62-56(75)52(40(2)3)66-47(70)18-22-80-24-26-82-28-30-84-32-33-85-31-29-83-27-25-81-23-19-60/h14-17,20,34,40-42,45-46,52-54H,11-13,18-19,21-33,35-39,60H2,1-10H3,(H,62,75)(H,63,74)(H,64,76)(H,65,71)(H,66,70)(H,67,77)/t41-,42+,45-,46+,52-,53-,54+/m0/s1. The average molecular weight is 1250 g/mol. The van der Waals surface area contributed by atoms with E-state index in [4.69, 9.17) is 48.4 Å². The lowest BCUT2D eigenvalue weighted by molar-refractivity contribution is -0.145. The molecule has 1 fully saturated rings. The van der Waals surface area contributed by atoms with E-state index >= 15 is 0 Å². The van der Waals surface area contributed by atoms with Gasteiger partial charge in [0.2, 0.25) is 41.4 Å². The number of carbonyl (C=O) groups excluding carboxylic acids is 8. The number of carbonyl (C=O) groups is 8. The maximum Gasteiger partial charge on any atom is 0.408 e. The van der Waals surface area contributed by atoms with Crippen molar-refractivity contribution in [3.05, 3.63) is 46.4 Å². The maximum atomic E-state index is 14.1. The molecule has 8 amide bonds. The Hall–Kier alpha value is -5.95. The summed E-state index contributed by atoms with van der Waals surface area (Å²) in [5, 5.41) is 18.7. The molecule has 0 bridgehead atoms. The fraction of sp³-hybridized carbons (Fsp3) is 0.712. The summed E-state index contributed by atoms with van der Waals surface area (Å²) in [6.45, 7) is 17.2. The number of anilines is 1. The number of methoxy groups -OCH3 is 2. The summed E-state index contributed by atoms with van der Waals surface area (Å²) in [6, 6.07) is 4.60. The van der Waals surface area contributed by atoms with Gasteiger partial charge >= 0.3 is 6.09 Å². The molecule has 1 saturated heterocycles. The number of nitrogens with zero attached hydrogens (tertiary/aromatic N) is 3. The van der Waals surface area contributed by atoms with Crippen molar-refractivity contribution < 1.29 is 81.0 Å². The highest BCUT2D eigenvalue weighted by atomic mass is 32.1. The van der Waals surface area contributed by atoms with Crippen LogP contribution in [0.5, 0.6) is 0 Å². The molecule has 0 spiro atoms. The molecule has 492 valence electrons. The fourth-order valence-corrected chi connectivity index (χ4v) is 9.94. The molecule has 0 saturated carbocycles. The normalized spacial score (nSPS) is 15.4. The number of alkyl carbamates (subject to hydrolysis) is 1.